The van der Waals surface area contributed by atoms with Crippen LogP contribution in [0.5, 0.6) is 17.2 Å². The molecule has 0 aromatic heterocycles. The van der Waals surface area contributed by atoms with Crippen LogP contribution in [0, 0.1) is 0 Å². The second-order valence-corrected chi connectivity index (χ2v) is 3.69. The van der Waals surface area contributed by atoms with Crippen molar-refractivity contribution in [3.63, 3.8) is 0 Å². The van der Waals surface area contributed by atoms with Gasteiger partial charge in [-0.25, -0.2) is 0 Å². The van der Waals surface area contributed by atoms with E-state index in [1.54, 1.807) is 19.2 Å². The van der Waals surface area contributed by atoms with Crippen LogP contribution in [0.15, 0.2) is 48.5 Å². The normalized spacial score (nSPS) is 9.22. The molecule has 0 fully saturated rings. The van der Waals surface area contributed by atoms with E-state index >= 15 is 0 Å². The van der Waals surface area contributed by atoms with E-state index in [0.29, 0.717) is 0 Å². The zero-order valence-corrected chi connectivity index (χ0v) is 10.6. The van der Waals surface area contributed by atoms with Crippen LogP contribution in [-0.4, -0.2) is 17.3 Å². The molecule has 0 aliphatic heterocycles. The quantitative estimate of drug-likeness (QED) is 0.799. The van der Waals surface area contributed by atoms with Crippen molar-refractivity contribution in [2.45, 2.75) is 13.3 Å². The van der Waals surface area contributed by atoms with Crippen LogP contribution >= 0.6 is 0 Å². The number of aromatic hydroxyl groups is 2. The van der Waals surface area contributed by atoms with Gasteiger partial charge in [0.05, 0.1) is 7.11 Å². The van der Waals surface area contributed by atoms with Crippen molar-refractivity contribution < 1.29 is 14.9 Å². The van der Waals surface area contributed by atoms with E-state index < -0.39 is 0 Å². The Bertz CT molecular complexity index is 466. The lowest BCUT2D eigenvalue weighted by molar-refractivity contribution is 0.403. The number of para-hydroxylation sites is 1. The third-order valence-corrected chi connectivity index (χ3v) is 2.43. The zero-order valence-electron chi connectivity index (χ0n) is 10.6. The molecule has 0 atom stereocenters. The maximum absolute atomic E-state index is 8.98. The van der Waals surface area contributed by atoms with Gasteiger partial charge in [0.25, 0.3) is 0 Å². The van der Waals surface area contributed by atoms with Crippen molar-refractivity contribution in [3.05, 3.63) is 54.1 Å². The molecule has 96 valence electrons. The monoisotopic (exact) mass is 246 g/mol. The van der Waals surface area contributed by atoms with E-state index in [2.05, 4.69) is 0 Å². The molecule has 0 unspecified atom stereocenters. The Balaban J connectivity index is 0.000000184. The number of benzene rings is 2. The topological polar surface area (TPSA) is 49.7 Å². The van der Waals surface area contributed by atoms with Gasteiger partial charge in [-0.1, -0.05) is 31.2 Å². The molecule has 0 radical (unpaired) electrons. The summed E-state index contributed by atoms with van der Waals surface area (Å²) in [5, 5.41) is 17.9. The first kappa shape index (κ1) is 13.9. The van der Waals surface area contributed by atoms with E-state index in [1.807, 2.05) is 37.3 Å². The second kappa shape index (κ2) is 7.22. The summed E-state index contributed by atoms with van der Waals surface area (Å²) in [6.45, 7) is 1.99. The fraction of sp³-hybridized carbons (Fsp3) is 0.200. The van der Waals surface area contributed by atoms with Crippen molar-refractivity contribution in [1.29, 1.82) is 0 Å². The third-order valence-electron chi connectivity index (χ3n) is 2.43. The van der Waals surface area contributed by atoms with Gasteiger partial charge in [0, 0.05) is 0 Å². The van der Waals surface area contributed by atoms with Crippen molar-refractivity contribution in [3.8, 4) is 17.2 Å². The molecule has 2 aromatic rings. The van der Waals surface area contributed by atoms with Crippen LogP contribution < -0.4 is 4.74 Å². The first-order chi connectivity index (χ1) is 8.67. The number of phenolic OH excluding ortho intramolecular Hbond substituents is 2. The van der Waals surface area contributed by atoms with Crippen molar-refractivity contribution in [2.24, 2.45) is 0 Å². The summed E-state index contributed by atoms with van der Waals surface area (Å²) in [4.78, 5) is 0. The van der Waals surface area contributed by atoms with E-state index in [4.69, 9.17) is 14.9 Å². The van der Waals surface area contributed by atoms with Crippen molar-refractivity contribution in [2.75, 3.05) is 7.11 Å². The fourth-order valence-electron chi connectivity index (χ4n) is 1.35. The predicted molar refractivity (Wildman–Crippen MR) is 72.1 cm³/mol. The Hall–Kier alpha value is -2.16. The van der Waals surface area contributed by atoms with Crippen LogP contribution in [0.25, 0.3) is 0 Å². The van der Waals surface area contributed by atoms with Crippen molar-refractivity contribution >= 4 is 0 Å². The fourth-order valence-corrected chi connectivity index (χ4v) is 1.35. The van der Waals surface area contributed by atoms with Gasteiger partial charge in [-0.15, -0.1) is 0 Å². The van der Waals surface area contributed by atoms with Crippen LogP contribution in [0.4, 0.5) is 0 Å². The Morgan fingerprint density at radius 2 is 1.61 bits per heavy atom. The molecule has 0 spiro atoms. The zero-order chi connectivity index (χ0) is 13.4. The van der Waals surface area contributed by atoms with Crippen LogP contribution in [-0.2, 0) is 6.42 Å². The lowest BCUT2D eigenvalue weighted by Gasteiger charge is -1.98. The minimum absolute atomic E-state index is 0.0423. The summed E-state index contributed by atoms with van der Waals surface area (Å²) >= 11 is 0. The van der Waals surface area contributed by atoms with Gasteiger partial charge in [0.1, 0.15) is 5.75 Å². The first-order valence-electron chi connectivity index (χ1n) is 5.77. The van der Waals surface area contributed by atoms with Gasteiger partial charge in [0.15, 0.2) is 11.5 Å². The maximum Gasteiger partial charge on any atom is 0.157 e. The molecule has 2 rings (SSSR count). The van der Waals surface area contributed by atoms with E-state index in [1.165, 1.54) is 6.07 Å². The minimum Gasteiger partial charge on any atom is -0.504 e. The number of ether oxygens (including phenoxy) is 1. The third kappa shape index (κ3) is 4.37. The highest BCUT2D eigenvalue weighted by molar-refractivity contribution is 5.40. The Morgan fingerprint density at radius 3 is 2.06 bits per heavy atom. The minimum atomic E-state index is -0.0581. The molecule has 2 N–H and O–H groups in total. The molecule has 3 nitrogen and oxygen atoms in total. The predicted octanol–water partition coefficient (Wildman–Crippen LogP) is 3.36. The highest BCUT2D eigenvalue weighted by Gasteiger charge is 1.97. The molecule has 18 heavy (non-hydrogen) atoms. The molecule has 0 bridgehead atoms. The standard InChI is InChI=1S/C8H10O2.C7H8O/c1-2-6-3-4-7(9)8(10)5-6;1-8-7-5-3-2-4-6-7/h3-5,9-10H,2H2,1H3;2-6H,1H3. The summed E-state index contributed by atoms with van der Waals surface area (Å²) in [6, 6.07) is 14.5. The SMILES string of the molecule is CCc1ccc(O)c(O)c1.COc1ccccc1. The summed E-state index contributed by atoms with van der Waals surface area (Å²) < 4.78 is 4.91. The van der Waals surface area contributed by atoms with Gasteiger partial charge < -0.3 is 14.9 Å². The summed E-state index contributed by atoms with van der Waals surface area (Å²) in [5.41, 5.74) is 1.02. The van der Waals surface area contributed by atoms with Gasteiger partial charge >= 0.3 is 0 Å². The van der Waals surface area contributed by atoms with Gasteiger partial charge in [-0.2, -0.15) is 0 Å². The summed E-state index contributed by atoms with van der Waals surface area (Å²) in [7, 11) is 1.66. The molecule has 0 amide bonds. The average molecular weight is 246 g/mol. The van der Waals surface area contributed by atoms with E-state index in [-0.39, 0.29) is 11.5 Å². The number of hydrogen-bond donors (Lipinski definition) is 2. The number of rotatable bonds is 2. The number of hydrogen-bond acceptors (Lipinski definition) is 3. The second-order valence-electron chi connectivity index (χ2n) is 3.69. The average Bonchev–Trinajstić information content (AvgIpc) is 2.43. The molecule has 0 heterocycles. The molecule has 0 saturated heterocycles. The number of methoxy groups -OCH3 is 1. The van der Waals surface area contributed by atoms with Crippen LogP contribution in [0.3, 0.4) is 0 Å². The lowest BCUT2D eigenvalue weighted by Crippen LogP contribution is -1.78. The molecule has 3 heteroatoms. The van der Waals surface area contributed by atoms with Gasteiger partial charge in [-0.3, -0.25) is 0 Å². The van der Waals surface area contributed by atoms with Gasteiger partial charge in [0.2, 0.25) is 0 Å². The first-order valence-corrected chi connectivity index (χ1v) is 5.77. The van der Waals surface area contributed by atoms with Gasteiger partial charge in [-0.05, 0) is 36.2 Å². The lowest BCUT2D eigenvalue weighted by atomic mass is 10.1. The summed E-state index contributed by atoms with van der Waals surface area (Å²) in [5.74, 6) is 0.809. The Labute approximate surface area is 107 Å². The highest BCUT2D eigenvalue weighted by Crippen LogP contribution is 2.24. The molecular formula is C15H18O3. The van der Waals surface area contributed by atoms with Crippen LogP contribution in [0.1, 0.15) is 12.5 Å². The van der Waals surface area contributed by atoms with Crippen LogP contribution in [0.2, 0.25) is 0 Å². The Kier molecular flexibility index (Phi) is 5.58. The molecule has 0 aliphatic carbocycles. The molecule has 0 aliphatic rings. The Morgan fingerprint density at radius 1 is 0.944 bits per heavy atom. The summed E-state index contributed by atoms with van der Waals surface area (Å²) in [6.07, 6.45) is 0.869. The highest BCUT2D eigenvalue weighted by atomic mass is 16.5. The molecular weight excluding hydrogens is 228 g/mol. The maximum atomic E-state index is 8.98. The number of phenols is 2. The van der Waals surface area contributed by atoms with Crippen molar-refractivity contribution in [1.82, 2.24) is 0 Å². The number of aryl methyl sites for hydroxylation is 1. The van der Waals surface area contributed by atoms with E-state index in [0.717, 1.165) is 17.7 Å². The van der Waals surface area contributed by atoms with E-state index in [9.17, 15) is 0 Å². The largest absolute Gasteiger partial charge is 0.504 e. The molecule has 0 saturated carbocycles. The smallest absolute Gasteiger partial charge is 0.157 e. The molecule has 2 aromatic carbocycles.